The number of alkyl halides is 6. The fourth-order valence-electron chi connectivity index (χ4n) is 1.22. The fraction of sp³-hybridized carbons (Fsp3) is 0.273. The normalized spacial score (nSPS) is 12.9. The lowest BCUT2D eigenvalue weighted by Crippen LogP contribution is -2.62. The average Bonchev–Trinajstić information content (AvgIpc) is 2.40. The Bertz CT molecular complexity index is 586. The largest absolute Gasteiger partial charge is 0.477 e. The van der Waals surface area contributed by atoms with Gasteiger partial charge < -0.3 is 10.4 Å². The molecule has 0 aliphatic carbocycles. The molecule has 0 aromatic heterocycles. The molecule has 0 fully saturated rings. The van der Waals surface area contributed by atoms with Gasteiger partial charge in [-0.25, -0.2) is 9.18 Å². The van der Waals surface area contributed by atoms with Crippen LogP contribution in [0.5, 0.6) is 0 Å². The van der Waals surface area contributed by atoms with Crippen LogP contribution in [0.1, 0.15) is 0 Å². The molecule has 0 bridgehead atoms. The van der Waals surface area contributed by atoms with Crippen LogP contribution in [-0.2, 0) is 9.59 Å². The number of hydrogen-bond acceptors (Lipinski definition) is 2. The maximum absolute atomic E-state index is 13.2. The number of carboxylic acid groups (broad SMARTS) is 1. The Kier molecular flexibility index (Phi) is 4.40. The third-order valence-electron chi connectivity index (χ3n) is 2.44. The second kappa shape index (κ2) is 5.46. The van der Waals surface area contributed by atoms with Gasteiger partial charge in [-0.15, -0.1) is 0 Å². The molecule has 0 spiro atoms. The number of rotatable bonds is 5. The van der Waals surface area contributed by atoms with Crippen LogP contribution in [0.2, 0.25) is 0 Å². The third kappa shape index (κ3) is 2.83. The maximum Gasteiger partial charge on any atom is 0.411 e. The predicted octanol–water partition coefficient (Wildman–Crippen LogP) is 2.75. The standard InChI is InChI=1S/C11H6F7NO3/c12-5-1-3-6(4-2-5)19-7(20)9(13,14)11(17,18)10(15,16)8(21)22/h1-4H,(H,19,20)(H,21,22). The molecule has 1 rings (SSSR count). The smallest absolute Gasteiger partial charge is 0.411 e. The molecule has 0 atom stereocenters. The lowest BCUT2D eigenvalue weighted by atomic mass is 10.0. The number of nitrogens with one attached hydrogen (secondary N) is 1. The van der Waals surface area contributed by atoms with Gasteiger partial charge in [-0.3, -0.25) is 4.79 Å². The molecule has 1 aromatic rings. The van der Waals surface area contributed by atoms with Gasteiger partial charge in [-0.05, 0) is 24.3 Å². The van der Waals surface area contributed by atoms with E-state index in [-0.39, 0.29) is 0 Å². The van der Waals surface area contributed by atoms with Crippen molar-refractivity contribution in [1.29, 1.82) is 0 Å². The lowest BCUT2D eigenvalue weighted by molar-refractivity contribution is -0.291. The van der Waals surface area contributed by atoms with Crippen molar-refractivity contribution < 1.29 is 45.4 Å². The van der Waals surface area contributed by atoms with Crippen molar-refractivity contribution >= 4 is 17.6 Å². The first-order chi connectivity index (χ1) is 9.84. The number of amides is 1. The number of carbonyl (C=O) groups excluding carboxylic acids is 1. The Balaban J connectivity index is 3.08. The van der Waals surface area contributed by atoms with E-state index in [0.717, 1.165) is 5.32 Å². The zero-order valence-electron chi connectivity index (χ0n) is 10.2. The van der Waals surface area contributed by atoms with Gasteiger partial charge in [0, 0.05) is 5.69 Å². The summed E-state index contributed by atoms with van der Waals surface area (Å²) in [5.41, 5.74) is -0.583. The lowest BCUT2D eigenvalue weighted by Gasteiger charge is -2.29. The second-order valence-electron chi connectivity index (χ2n) is 3.99. The van der Waals surface area contributed by atoms with Crippen LogP contribution < -0.4 is 5.32 Å². The van der Waals surface area contributed by atoms with Crippen LogP contribution in [-0.4, -0.2) is 34.8 Å². The molecule has 0 unspecified atom stereocenters. The van der Waals surface area contributed by atoms with Gasteiger partial charge in [0.15, 0.2) is 0 Å². The zero-order valence-corrected chi connectivity index (χ0v) is 10.2. The predicted molar refractivity (Wildman–Crippen MR) is 57.5 cm³/mol. The summed E-state index contributed by atoms with van der Waals surface area (Å²) in [6.07, 6.45) is 0. The molecule has 1 amide bonds. The van der Waals surface area contributed by atoms with E-state index in [1.807, 2.05) is 0 Å². The Labute approximate surface area is 117 Å². The summed E-state index contributed by atoms with van der Waals surface area (Å²) in [4.78, 5) is 21.1. The minimum Gasteiger partial charge on any atom is -0.477 e. The molecule has 0 radical (unpaired) electrons. The van der Waals surface area contributed by atoms with Crippen molar-refractivity contribution in [2.24, 2.45) is 0 Å². The summed E-state index contributed by atoms with van der Waals surface area (Å²) in [6, 6.07) is 2.77. The molecular weight excluding hydrogens is 327 g/mol. The molecule has 4 nitrogen and oxygen atoms in total. The molecular formula is C11H6F7NO3. The maximum atomic E-state index is 13.2. The highest BCUT2D eigenvalue weighted by Gasteiger charge is 2.78. The van der Waals surface area contributed by atoms with Crippen molar-refractivity contribution in [3.8, 4) is 0 Å². The van der Waals surface area contributed by atoms with E-state index in [4.69, 9.17) is 5.11 Å². The molecule has 0 aliphatic rings. The minimum atomic E-state index is -6.49. The van der Waals surface area contributed by atoms with E-state index >= 15 is 0 Å². The van der Waals surface area contributed by atoms with Crippen LogP contribution >= 0.6 is 0 Å². The Morgan fingerprint density at radius 1 is 0.909 bits per heavy atom. The number of aliphatic carboxylic acids is 1. The Morgan fingerprint density at radius 3 is 1.77 bits per heavy atom. The first-order valence-electron chi connectivity index (χ1n) is 5.28. The summed E-state index contributed by atoms with van der Waals surface area (Å²) in [5, 5.41) is 9.07. The SMILES string of the molecule is O=C(O)C(F)(F)C(F)(F)C(F)(F)C(=O)Nc1ccc(F)cc1. The topological polar surface area (TPSA) is 66.4 Å². The second-order valence-corrected chi connectivity index (χ2v) is 3.99. The molecule has 0 saturated carbocycles. The van der Waals surface area contributed by atoms with E-state index in [0.29, 0.717) is 24.3 Å². The van der Waals surface area contributed by atoms with Crippen molar-refractivity contribution in [2.45, 2.75) is 17.8 Å². The van der Waals surface area contributed by atoms with Crippen molar-refractivity contribution in [3.63, 3.8) is 0 Å². The Hall–Kier alpha value is -2.33. The molecule has 11 heteroatoms. The monoisotopic (exact) mass is 333 g/mol. The zero-order chi connectivity index (χ0) is 17.3. The van der Waals surface area contributed by atoms with Gasteiger partial charge in [0.05, 0.1) is 0 Å². The van der Waals surface area contributed by atoms with Crippen molar-refractivity contribution in [1.82, 2.24) is 0 Å². The van der Waals surface area contributed by atoms with Crippen molar-refractivity contribution in [3.05, 3.63) is 30.1 Å². The van der Waals surface area contributed by atoms with E-state index in [9.17, 15) is 40.3 Å². The highest BCUT2D eigenvalue weighted by atomic mass is 19.3. The molecule has 22 heavy (non-hydrogen) atoms. The average molecular weight is 333 g/mol. The highest BCUT2D eigenvalue weighted by Crippen LogP contribution is 2.46. The van der Waals surface area contributed by atoms with E-state index in [2.05, 4.69) is 0 Å². The molecule has 1 aromatic carbocycles. The third-order valence-corrected chi connectivity index (χ3v) is 2.44. The number of benzene rings is 1. The van der Waals surface area contributed by atoms with Gasteiger partial charge in [0.2, 0.25) is 0 Å². The van der Waals surface area contributed by atoms with Gasteiger partial charge in [0.25, 0.3) is 0 Å². The van der Waals surface area contributed by atoms with Crippen LogP contribution in [0.15, 0.2) is 24.3 Å². The van der Waals surface area contributed by atoms with Crippen LogP contribution in [0, 0.1) is 5.82 Å². The summed E-state index contributed by atoms with van der Waals surface area (Å²) in [6.45, 7) is 0. The van der Waals surface area contributed by atoms with Crippen LogP contribution in [0.4, 0.5) is 36.4 Å². The number of carbonyl (C=O) groups is 2. The molecule has 0 heterocycles. The number of carboxylic acids is 1. The first kappa shape index (κ1) is 17.7. The van der Waals surface area contributed by atoms with Gasteiger partial charge >= 0.3 is 29.6 Å². The highest BCUT2D eigenvalue weighted by molar-refractivity contribution is 5.97. The van der Waals surface area contributed by atoms with Crippen LogP contribution in [0.25, 0.3) is 0 Å². The molecule has 122 valence electrons. The molecule has 2 N–H and O–H groups in total. The number of anilines is 1. The van der Waals surface area contributed by atoms with Crippen molar-refractivity contribution in [2.75, 3.05) is 5.32 Å². The summed E-state index contributed by atoms with van der Waals surface area (Å²) in [5.74, 6) is -25.9. The van der Waals surface area contributed by atoms with Gasteiger partial charge in [0.1, 0.15) is 5.82 Å². The summed E-state index contributed by atoms with van der Waals surface area (Å²) >= 11 is 0. The van der Waals surface area contributed by atoms with E-state index < -0.39 is 41.1 Å². The number of halogens is 7. The quantitative estimate of drug-likeness (QED) is 0.815. The van der Waals surface area contributed by atoms with Gasteiger partial charge in [-0.1, -0.05) is 0 Å². The van der Waals surface area contributed by atoms with Crippen LogP contribution in [0.3, 0.4) is 0 Å². The van der Waals surface area contributed by atoms with E-state index in [1.54, 1.807) is 0 Å². The minimum absolute atomic E-state index is 0.583. The van der Waals surface area contributed by atoms with E-state index in [1.165, 1.54) is 0 Å². The molecule has 0 saturated heterocycles. The summed E-state index contributed by atoms with van der Waals surface area (Å²) in [7, 11) is 0. The fourth-order valence-corrected chi connectivity index (χ4v) is 1.22. The van der Waals surface area contributed by atoms with Gasteiger partial charge in [-0.2, -0.15) is 26.3 Å². The summed E-state index contributed by atoms with van der Waals surface area (Å²) < 4.78 is 90.5. The molecule has 0 aliphatic heterocycles. The Morgan fingerprint density at radius 2 is 1.36 bits per heavy atom. The first-order valence-corrected chi connectivity index (χ1v) is 5.28. The number of hydrogen-bond donors (Lipinski definition) is 2.